The summed E-state index contributed by atoms with van der Waals surface area (Å²) < 4.78 is 0. The quantitative estimate of drug-likeness (QED) is 0.462. The van der Waals surface area contributed by atoms with Crippen LogP contribution in [0.25, 0.3) is 0 Å². The second kappa shape index (κ2) is 5.65. The molecule has 0 aliphatic rings. The smallest absolute Gasteiger partial charge is 0.274 e. The van der Waals surface area contributed by atoms with Gasteiger partial charge >= 0.3 is 0 Å². The first-order valence-electron chi connectivity index (χ1n) is 5.37. The predicted octanol–water partition coefficient (Wildman–Crippen LogP) is -0.802. The lowest BCUT2D eigenvalue weighted by atomic mass is 10.1. The molecular weight excluding hydrogens is 224 g/mol. The summed E-state index contributed by atoms with van der Waals surface area (Å²) in [6, 6.07) is -0.707. The first-order chi connectivity index (χ1) is 8.01. The number of carbonyl (C=O) groups excluding carboxylic acids is 1. The van der Waals surface area contributed by atoms with Crippen molar-refractivity contribution in [3.05, 3.63) is 11.4 Å². The summed E-state index contributed by atoms with van der Waals surface area (Å²) in [5, 5.41) is 26.7. The molecule has 6 N–H and O–H groups in total. The van der Waals surface area contributed by atoms with Crippen LogP contribution in [0.1, 0.15) is 35.9 Å². The Bertz CT molecular complexity index is 385. The lowest BCUT2D eigenvalue weighted by Gasteiger charge is -2.12. The normalized spacial score (nSPS) is 11.2. The van der Waals surface area contributed by atoms with Crippen molar-refractivity contribution in [3.63, 3.8) is 0 Å². The van der Waals surface area contributed by atoms with Gasteiger partial charge in [0.05, 0.1) is 30.6 Å². The second-order valence-electron chi connectivity index (χ2n) is 4.09. The van der Waals surface area contributed by atoms with E-state index in [1.54, 1.807) is 0 Å². The number of H-pyrrole nitrogens is 1. The fraction of sp³-hybridized carbons (Fsp3) is 0.600. The van der Waals surface area contributed by atoms with Crippen LogP contribution in [0.15, 0.2) is 0 Å². The highest BCUT2D eigenvalue weighted by Gasteiger charge is 2.20. The van der Waals surface area contributed by atoms with E-state index in [0.717, 1.165) is 0 Å². The molecule has 0 aromatic carbocycles. The van der Waals surface area contributed by atoms with Crippen LogP contribution in [-0.4, -0.2) is 45.6 Å². The van der Waals surface area contributed by atoms with Gasteiger partial charge in [-0.25, -0.2) is 0 Å². The van der Waals surface area contributed by atoms with Crippen molar-refractivity contribution in [2.45, 2.75) is 25.8 Å². The summed E-state index contributed by atoms with van der Waals surface area (Å²) in [5.74, 6) is -0.380. The third-order valence-corrected chi connectivity index (χ3v) is 2.40. The average molecular weight is 242 g/mol. The molecule has 0 aliphatic carbocycles. The Balaban J connectivity index is 2.83. The van der Waals surface area contributed by atoms with Gasteiger partial charge in [0, 0.05) is 0 Å². The first-order valence-corrected chi connectivity index (χ1v) is 5.37. The number of amides is 1. The van der Waals surface area contributed by atoms with Crippen LogP contribution in [0.3, 0.4) is 0 Å². The van der Waals surface area contributed by atoms with E-state index in [0.29, 0.717) is 11.4 Å². The number of aromatic amines is 1. The van der Waals surface area contributed by atoms with Crippen LogP contribution >= 0.6 is 0 Å². The fourth-order valence-corrected chi connectivity index (χ4v) is 1.38. The van der Waals surface area contributed by atoms with Gasteiger partial charge in [-0.05, 0) is 5.92 Å². The van der Waals surface area contributed by atoms with Crippen molar-refractivity contribution >= 4 is 11.6 Å². The van der Waals surface area contributed by atoms with E-state index in [1.165, 1.54) is 0 Å². The molecule has 96 valence electrons. The molecule has 1 aromatic heterocycles. The number of nitrogens with zero attached hydrogens (tertiary/aromatic N) is 1. The molecule has 0 fully saturated rings. The number of aliphatic hydroxyl groups is 2. The van der Waals surface area contributed by atoms with Crippen LogP contribution in [0.2, 0.25) is 0 Å². The van der Waals surface area contributed by atoms with Crippen molar-refractivity contribution in [1.82, 2.24) is 15.5 Å². The average Bonchev–Trinajstić information content (AvgIpc) is 2.67. The summed E-state index contributed by atoms with van der Waals surface area (Å²) in [6.07, 6.45) is 0. The number of carbonyl (C=O) groups is 1. The fourth-order valence-electron chi connectivity index (χ4n) is 1.38. The van der Waals surface area contributed by atoms with Crippen molar-refractivity contribution in [3.8, 4) is 0 Å². The first kappa shape index (κ1) is 13.5. The minimum atomic E-state index is -0.707. The maximum atomic E-state index is 11.7. The minimum Gasteiger partial charge on any atom is -0.395 e. The number of nitrogens with two attached hydrogens (primary N) is 1. The number of aromatic nitrogens is 2. The Morgan fingerprint density at radius 1 is 1.47 bits per heavy atom. The Labute approximate surface area is 99.0 Å². The molecule has 0 bridgehead atoms. The SMILES string of the molecule is CC(C)c1[nH]nc(C(=O)NC(CO)CO)c1N. The molecule has 0 radical (unpaired) electrons. The zero-order chi connectivity index (χ0) is 13.0. The number of rotatable bonds is 5. The van der Waals surface area contributed by atoms with Gasteiger partial charge < -0.3 is 21.3 Å². The Morgan fingerprint density at radius 3 is 2.47 bits per heavy atom. The Hall–Kier alpha value is -1.60. The molecule has 7 nitrogen and oxygen atoms in total. The van der Waals surface area contributed by atoms with Gasteiger partial charge in [0.2, 0.25) is 0 Å². The molecule has 0 saturated carbocycles. The zero-order valence-electron chi connectivity index (χ0n) is 9.90. The summed E-state index contributed by atoms with van der Waals surface area (Å²) in [7, 11) is 0. The third-order valence-electron chi connectivity index (χ3n) is 2.40. The van der Waals surface area contributed by atoms with E-state index in [-0.39, 0.29) is 24.8 Å². The summed E-state index contributed by atoms with van der Waals surface area (Å²) in [4.78, 5) is 11.7. The lowest BCUT2D eigenvalue weighted by molar-refractivity contribution is 0.0875. The van der Waals surface area contributed by atoms with E-state index in [2.05, 4.69) is 15.5 Å². The highest BCUT2D eigenvalue weighted by molar-refractivity contribution is 5.97. The van der Waals surface area contributed by atoms with Crippen molar-refractivity contribution < 1.29 is 15.0 Å². The molecule has 0 saturated heterocycles. The predicted molar refractivity (Wildman–Crippen MR) is 62.5 cm³/mol. The molecule has 0 spiro atoms. The number of anilines is 1. The van der Waals surface area contributed by atoms with Crippen molar-refractivity contribution in [2.75, 3.05) is 18.9 Å². The van der Waals surface area contributed by atoms with Crippen LogP contribution < -0.4 is 11.1 Å². The topological polar surface area (TPSA) is 124 Å². The Kier molecular flexibility index (Phi) is 4.47. The molecule has 1 amide bonds. The van der Waals surface area contributed by atoms with Crippen molar-refractivity contribution in [1.29, 1.82) is 0 Å². The van der Waals surface area contributed by atoms with Crippen LogP contribution in [0, 0.1) is 0 Å². The molecule has 0 aliphatic heterocycles. The largest absolute Gasteiger partial charge is 0.395 e. The second-order valence-corrected chi connectivity index (χ2v) is 4.09. The number of nitrogens with one attached hydrogen (secondary N) is 2. The highest BCUT2D eigenvalue weighted by atomic mass is 16.3. The monoisotopic (exact) mass is 242 g/mol. The van der Waals surface area contributed by atoms with E-state index < -0.39 is 11.9 Å². The number of hydrogen-bond donors (Lipinski definition) is 5. The standard InChI is InChI=1S/C10H18N4O3/c1-5(2)8-7(11)9(14-13-8)10(17)12-6(3-15)4-16/h5-6,15-16H,3-4,11H2,1-2H3,(H,12,17)(H,13,14). The maximum absolute atomic E-state index is 11.7. The molecule has 1 rings (SSSR count). The maximum Gasteiger partial charge on any atom is 0.274 e. The number of hydrogen-bond acceptors (Lipinski definition) is 5. The van der Waals surface area contributed by atoms with E-state index in [1.807, 2.05) is 13.8 Å². The van der Waals surface area contributed by atoms with Gasteiger partial charge in [0.15, 0.2) is 5.69 Å². The zero-order valence-corrected chi connectivity index (χ0v) is 9.90. The lowest BCUT2D eigenvalue weighted by Crippen LogP contribution is -2.40. The van der Waals surface area contributed by atoms with Gasteiger partial charge in [-0.1, -0.05) is 13.8 Å². The summed E-state index contributed by atoms with van der Waals surface area (Å²) in [6.45, 7) is 3.17. The molecule has 0 atom stereocenters. The van der Waals surface area contributed by atoms with Gasteiger partial charge in [-0.2, -0.15) is 5.10 Å². The van der Waals surface area contributed by atoms with Crippen molar-refractivity contribution in [2.24, 2.45) is 0 Å². The van der Waals surface area contributed by atoms with Gasteiger partial charge in [-0.15, -0.1) is 0 Å². The van der Waals surface area contributed by atoms with Crippen LogP contribution in [0.5, 0.6) is 0 Å². The molecule has 7 heteroatoms. The number of aliphatic hydroxyl groups excluding tert-OH is 2. The van der Waals surface area contributed by atoms with E-state index >= 15 is 0 Å². The summed E-state index contributed by atoms with van der Waals surface area (Å²) >= 11 is 0. The van der Waals surface area contributed by atoms with Crippen LogP contribution in [-0.2, 0) is 0 Å². The van der Waals surface area contributed by atoms with Gasteiger partial charge in [-0.3, -0.25) is 9.89 Å². The highest BCUT2D eigenvalue weighted by Crippen LogP contribution is 2.21. The number of nitrogen functional groups attached to an aromatic ring is 1. The minimum absolute atomic E-state index is 0.0839. The molecule has 17 heavy (non-hydrogen) atoms. The molecule has 1 heterocycles. The molecule has 0 unspecified atom stereocenters. The molecular formula is C10H18N4O3. The molecule has 1 aromatic rings. The van der Waals surface area contributed by atoms with Gasteiger partial charge in [0.25, 0.3) is 5.91 Å². The van der Waals surface area contributed by atoms with E-state index in [9.17, 15) is 4.79 Å². The summed E-state index contributed by atoms with van der Waals surface area (Å²) in [5.41, 5.74) is 6.86. The van der Waals surface area contributed by atoms with E-state index in [4.69, 9.17) is 15.9 Å². The Morgan fingerprint density at radius 2 is 2.06 bits per heavy atom. The third kappa shape index (κ3) is 2.95. The van der Waals surface area contributed by atoms with Gasteiger partial charge in [0.1, 0.15) is 0 Å². The van der Waals surface area contributed by atoms with Crippen LogP contribution in [0.4, 0.5) is 5.69 Å².